The number of amidine groups is 3. The van der Waals surface area contributed by atoms with Gasteiger partial charge in [-0.2, -0.15) is 9.39 Å². The number of hydrogen-bond acceptors (Lipinski definition) is 7. The predicted molar refractivity (Wildman–Crippen MR) is 127 cm³/mol. The van der Waals surface area contributed by atoms with E-state index in [0.717, 1.165) is 34.2 Å². The molecule has 4 rings (SSSR count). The molecule has 2 aromatic rings. The summed E-state index contributed by atoms with van der Waals surface area (Å²) >= 11 is 7.10. The zero-order valence-electron chi connectivity index (χ0n) is 17.0. The number of amides is 1. The van der Waals surface area contributed by atoms with Crippen molar-refractivity contribution in [3.8, 4) is 5.75 Å². The van der Waals surface area contributed by atoms with Gasteiger partial charge in [0.1, 0.15) is 18.2 Å². The van der Waals surface area contributed by atoms with Crippen LogP contribution >= 0.6 is 23.5 Å². The number of rotatable bonds is 4. The third-order valence-corrected chi connectivity index (χ3v) is 6.62. The Bertz CT molecular complexity index is 1350. The van der Waals surface area contributed by atoms with Crippen molar-refractivity contribution in [2.75, 3.05) is 6.26 Å². The molecule has 0 saturated heterocycles. The van der Waals surface area contributed by atoms with Crippen LogP contribution in [0.5, 0.6) is 5.75 Å². The van der Waals surface area contributed by atoms with E-state index >= 15 is 0 Å². The fraction of sp³-hybridized carbons (Fsp3) is 0.143. The lowest BCUT2D eigenvalue weighted by atomic mass is 10.1. The number of aliphatic imine (C=N–C) groups is 1. The van der Waals surface area contributed by atoms with Crippen LogP contribution in [0.15, 0.2) is 57.4 Å². The van der Waals surface area contributed by atoms with Gasteiger partial charge in [-0.15, -0.1) is 0 Å². The second-order valence-corrected chi connectivity index (χ2v) is 10.2. The van der Waals surface area contributed by atoms with E-state index in [2.05, 4.69) is 9.39 Å². The topological polar surface area (TPSA) is 112 Å². The van der Waals surface area contributed by atoms with E-state index < -0.39 is 15.7 Å². The maximum atomic E-state index is 12.5. The highest BCUT2D eigenvalue weighted by Crippen LogP contribution is 2.31. The van der Waals surface area contributed by atoms with E-state index in [1.54, 1.807) is 18.2 Å². The van der Waals surface area contributed by atoms with Gasteiger partial charge in [-0.05, 0) is 36.3 Å². The van der Waals surface area contributed by atoms with Gasteiger partial charge in [0.15, 0.2) is 0 Å². The number of benzene rings is 2. The van der Waals surface area contributed by atoms with Crippen LogP contribution in [0.3, 0.4) is 0 Å². The average molecular weight is 489 g/mol. The van der Waals surface area contributed by atoms with Crippen molar-refractivity contribution in [2.45, 2.75) is 13.5 Å². The van der Waals surface area contributed by atoms with E-state index in [1.165, 1.54) is 6.08 Å². The van der Waals surface area contributed by atoms with Gasteiger partial charge in [0.05, 0.1) is 22.5 Å². The van der Waals surface area contributed by atoms with Crippen LogP contribution in [-0.4, -0.2) is 41.7 Å². The Morgan fingerprint density at radius 2 is 2.03 bits per heavy atom. The van der Waals surface area contributed by atoms with E-state index in [9.17, 15) is 13.2 Å². The molecule has 2 aliphatic heterocycles. The SMILES string of the molecule is Cc1cccc(COc2ccc(/C=C3/C(=N)N4C(=NC3=O)SN=C4S(C)(=O)=O)cc2Cl)c1. The lowest BCUT2D eigenvalue weighted by Gasteiger charge is -2.23. The summed E-state index contributed by atoms with van der Waals surface area (Å²) in [6.07, 6.45) is 2.42. The monoisotopic (exact) mass is 488 g/mol. The van der Waals surface area contributed by atoms with Crippen LogP contribution in [0, 0.1) is 12.3 Å². The first-order chi connectivity index (χ1) is 15.1. The minimum absolute atomic E-state index is 0.0375. The quantitative estimate of drug-likeness (QED) is 0.516. The molecule has 2 aliphatic rings. The number of ether oxygens (including phenoxy) is 1. The Morgan fingerprint density at radius 1 is 1.25 bits per heavy atom. The summed E-state index contributed by atoms with van der Waals surface area (Å²) in [7, 11) is -3.71. The minimum Gasteiger partial charge on any atom is -0.487 e. The largest absolute Gasteiger partial charge is 0.487 e. The van der Waals surface area contributed by atoms with Crippen molar-refractivity contribution in [1.82, 2.24) is 4.90 Å². The number of nitrogens with one attached hydrogen (secondary N) is 1. The molecule has 0 bridgehead atoms. The van der Waals surface area contributed by atoms with Gasteiger partial charge in [0, 0.05) is 6.26 Å². The van der Waals surface area contributed by atoms with Crippen molar-refractivity contribution in [1.29, 1.82) is 5.41 Å². The van der Waals surface area contributed by atoms with Crippen molar-refractivity contribution < 1.29 is 17.9 Å². The van der Waals surface area contributed by atoms with E-state index in [0.29, 0.717) is 22.9 Å². The molecule has 0 fully saturated rings. The number of aryl methyl sites for hydroxylation is 1. The van der Waals surface area contributed by atoms with Crippen molar-refractivity contribution in [3.63, 3.8) is 0 Å². The lowest BCUT2D eigenvalue weighted by Crippen LogP contribution is -2.45. The van der Waals surface area contributed by atoms with Crippen LogP contribution < -0.4 is 4.74 Å². The zero-order valence-corrected chi connectivity index (χ0v) is 19.4. The average Bonchev–Trinajstić information content (AvgIpc) is 3.15. The zero-order chi connectivity index (χ0) is 23.0. The smallest absolute Gasteiger partial charge is 0.283 e. The summed E-state index contributed by atoms with van der Waals surface area (Å²) in [6.45, 7) is 2.35. The van der Waals surface area contributed by atoms with Crippen LogP contribution in [0.4, 0.5) is 0 Å². The number of hydrogen-bond donors (Lipinski definition) is 1. The Kier molecular flexibility index (Phi) is 5.93. The molecule has 1 amide bonds. The van der Waals surface area contributed by atoms with E-state index in [4.69, 9.17) is 21.7 Å². The van der Waals surface area contributed by atoms with Crippen LogP contribution in [0.2, 0.25) is 5.02 Å². The van der Waals surface area contributed by atoms with Crippen LogP contribution in [-0.2, 0) is 21.2 Å². The van der Waals surface area contributed by atoms with Crippen molar-refractivity contribution in [2.24, 2.45) is 9.39 Å². The third-order valence-electron chi connectivity index (χ3n) is 4.57. The molecule has 2 heterocycles. The summed E-state index contributed by atoms with van der Waals surface area (Å²) in [5.74, 6) is -0.497. The molecule has 0 saturated carbocycles. The molecule has 164 valence electrons. The molecule has 0 unspecified atom stereocenters. The Balaban J connectivity index is 1.57. The minimum atomic E-state index is -3.71. The molecule has 32 heavy (non-hydrogen) atoms. The first-order valence-corrected chi connectivity index (χ1v) is 12.3. The highest BCUT2D eigenvalue weighted by molar-refractivity contribution is 8.16. The fourth-order valence-corrected chi connectivity index (χ4v) is 5.18. The summed E-state index contributed by atoms with van der Waals surface area (Å²) in [5.41, 5.74) is 2.60. The van der Waals surface area contributed by atoms with E-state index in [-0.39, 0.29) is 21.7 Å². The van der Waals surface area contributed by atoms with Gasteiger partial charge >= 0.3 is 0 Å². The van der Waals surface area contributed by atoms with Gasteiger partial charge < -0.3 is 4.74 Å². The number of sulfone groups is 1. The number of fused-ring (bicyclic) bond motifs is 1. The molecule has 2 aromatic carbocycles. The van der Waals surface area contributed by atoms with Gasteiger partial charge in [-0.3, -0.25) is 10.2 Å². The van der Waals surface area contributed by atoms with Gasteiger partial charge in [0.25, 0.3) is 5.91 Å². The maximum absolute atomic E-state index is 12.5. The summed E-state index contributed by atoms with van der Waals surface area (Å²) in [6, 6.07) is 12.9. The molecule has 1 N–H and O–H groups in total. The van der Waals surface area contributed by atoms with Crippen molar-refractivity contribution in [3.05, 3.63) is 69.8 Å². The summed E-state index contributed by atoms with van der Waals surface area (Å²) in [5, 5.41) is 8.42. The fourth-order valence-electron chi connectivity index (χ4n) is 3.09. The second-order valence-electron chi connectivity index (χ2n) is 7.15. The molecule has 8 nitrogen and oxygen atoms in total. The Hall–Kier alpha value is -2.95. The summed E-state index contributed by atoms with van der Waals surface area (Å²) in [4.78, 5) is 17.4. The third kappa shape index (κ3) is 4.47. The van der Waals surface area contributed by atoms with Crippen molar-refractivity contribution >= 4 is 61.5 Å². The van der Waals surface area contributed by atoms with Gasteiger partial charge in [-0.25, -0.2) is 13.3 Å². The Labute approximate surface area is 194 Å². The van der Waals surface area contributed by atoms with Crippen LogP contribution in [0.1, 0.15) is 16.7 Å². The highest BCUT2D eigenvalue weighted by atomic mass is 35.5. The summed E-state index contributed by atoms with van der Waals surface area (Å²) < 4.78 is 33.6. The number of nitrogens with zero attached hydrogens (tertiary/aromatic N) is 3. The molecular formula is C21H17ClN4O4S2. The first-order valence-electron chi connectivity index (χ1n) is 9.30. The molecule has 0 radical (unpaired) electrons. The molecule has 0 aromatic heterocycles. The van der Waals surface area contributed by atoms with Crippen LogP contribution in [0.25, 0.3) is 6.08 Å². The number of halogens is 1. The molecule has 11 heteroatoms. The predicted octanol–water partition coefficient (Wildman–Crippen LogP) is 3.85. The number of carbonyl (C=O) groups excluding carboxylic acids is 1. The molecule has 0 atom stereocenters. The number of carbonyl (C=O) groups is 1. The van der Waals surface area contributed by atoms with Gasteiger partial charge in [-0.1, -0.05) is 47.5 Å². The molecule has 0 aliphatic carbocycles. The highest BCUT2D eigenvalue weighted by Gasteiger charge is 2.41. The molecular weight excluding hydrogens is 472 g/mol. The first kappa shape index (κ1) is 22.3. The maximum Gasteiger partial charge on any atom is 0.283 e. The normalized spacial score (nSPS) is 17.3. The van der Waals surface area contributed by atoms with Gasteiger partial charge in [0.2, 0.25) is 20.2 Å². The van der Waals surface area contributed by atoms with E-state index in [1.807, 2.05) is 31.2 Å². The lowest BCUT2D eigenvalue weighted by molar-refractivity contribution is -0.114. The second kappa shape index (κ2) is 8.53. The molecule has 0 spiro atoms. The standard InChI is InChI=1S/C21H17ClN4O4S2/c1-12-4-3-5-14(8-12)11-30-17-7-6-13(10-16(17)22)9-15-18(23)26-20(24-19(15)27)31-25-21(26)32(2,28)29/h3-10,23H,11H2,1-2H3/b15-9-,23-18?. The Morgan fingerprint density at radius 3 is 2.72 bits per heavy atom.